The Bertz CT molecular complexity index is 120. The van der Waals surface area contributed by atoms with Crippen LogP contribution in [0.5, 0.6) is 0 Å². The number of esters is 1. The molecule has 2 nitrogen and oxygen atoms in total. The van der Waals surface area contributed by atoms with Gasteiger partial charge in [-0.25, -0.2) is 0 Å². The fourth-order valence-corrected chi connectivity index (χ4v) is 1.21. The summed E-state index contributed by atoms with van der Waals surface area (Å²) >= 11 is 0. The van der Waals surface area contributed by atoms with Gasteiger partial charge in [0.15, 0.2) is 0 Å². The van der Waals surface area contributed by atoms with Crippen molar-refractivity contribution in [2.75, 3.05) is 0 Å². The molecule has 0 N–H and O–H groups in total. The zero-order valence-corrected chi connectivity index (χ0v) is 5.89. The first-order valence-corrected chi connectivity index (χ1v) is 3.43. The molecule has 0 aromatic heterocycles. The zero-order valence-electron chi connectivity index (χ0n) is 5.89. The van der Waals surface area contributed by atoms with Gasteiger partial charge in [0.25, 0.3) is 0 Å². The molecule has 0 aromatic carbocycles. The predicted molar refractivity (Wildman–Crippen MR) is 34.0 cm³/mol. The molecule has 0 saturated carbocycles. The molecular formula is C7H12O2. The molecule has 1 rings (SSSR count). The van der Waals surface area contributed by atoms with Gasteiger partial charge in [-0.15, -0.1) is 0 Å². The lowest BCUT2D eigenvalue weighted by molar-refractivity contribution is -0.140. The van der Waals surface area contributed by atoms with Gasteiger partial charge in [-0.3, -0.25) is 4.79 Å². The lowest BCUT2D eigenvalue weighted by atomic mass is 10.0. The Hall–Kier alpha value is -0.530. The maximum atomic E-state index is 10.6. The highest BCUT2D eigenvalue weighted by molar-refractivity contribution is 5.71. The minimum absolute atomic E-state index is 0.0330. The van der Waals surface area contributed by atoms with Gasteiger partial charge in [-0.1, -0.05) is 6.92 Å². The summed E-state index contributed by atoms with van der Waals surface area (Å²) in [6.45, 7) is 4.04. The van der Waals surface area contributed by atoms with Gasteiger partial charge in [0, 0.05) is 5.92 Å². The van der Waals surface area contributed by atoms with E-state index in [4.69, 9.17) is 4.74 Å². The second kappa shape index (κ2) is 2.38. The molecule has 52 valence electrons. The molecule has 0 unspecified atom stereocenters. The van der Waals surface area contributed by atoms with Crippen LogP contribution in [0.3, 0.4) is 0 Å². The summed E-state index contributed by atoms with van der Waals surface area (Å²) in [5.74, 6) is 0.437. The van der Waals surface area contributed by atoms with Crippen LogP contribution in [0.25, 0.3) is 0 Å². The van der Waals surface area contributed by atoms with Gasteiger partial charge in [-0.05, 0) is 13.3 Å². The lowest BCUT2D eigenvalue weighted by Gasteiger charge is -2.07. The van der Waals surface area contributed by atoms with Crippen molar-refractivity contribution in [3.05, 3.63) is 0 Å². The van der Waals surface area contributed by atoms with Crippen LogP contribution in [-0.4, -0.2) is 12.1 Å². The zero-order chi connectivity index (χ0) is 6.85. The minimum Gasteiger partial charge on any atom is -0.462 e. The first kappa shape index (κ1) is 6.59. The van der Waals surface area contributed by atoms with Crippen LogP contribution >= 0.6 is 0 Å². The van der Waals surface area contributed by atoms with Crippen LogP contribution in [0.2, 0.25) is 0 Å². The molecule has 0 aromatic rings. The van der Waals surface area contributed by atoms with E-state index in [9.17, 15) is 4.79 Å². The highest BCUT2D eigenvalue weighted by Crippen LogP contribution is 2.23. The summed E-state index contributed by atoms with van der Waals surface area (Å²) in [5.41, 5.74) is 0. The summed E-state index contributed by atoms with van der Waals surface area (Å²) in [7, 11) is 0. The number of carbonyl (C=O) groups is 1. The van der Waals surface area contributed by atoms with Crippen molar-refractivity contribution < 1.29 is 9.53 Å². The quantitative estimate of drug-likeness (QED) is 0.498. The van der Waals surface area contributed by atoms with Crippen molar-refractivity contribution in [2.45, 2.75) is 32.8 Å². The third kappa shape index (κ3) is 1.23. The molecule has 1 saturated heterocycles. The number of ether oxygens (including phenoxy) is 1. The Labute approximate surface area is 55.2 Å². The van der Waals surface area contributed by atoms with Crippen LogP contribution in [0.15, 0.2) is 0 Å². The maximum absolute atomic E-state index is 10.6. The highest BCUT2D eigenvalue weighted by atomic mass is 16.5. The van der Waals surface area contributed by atoms with E-state index < -0.39 is 0 Å². The van der Waals surface area contributed by atoms with Crippen molar-refractivity contribution in [3.63, 3.8) is 0 Å². The Kier molecular flexibility index (Phi) is 1.74. The molecule has 0 amide bonds. The predicted octanol–water partition coefficient (Wildman–Crippen LogP) is 1.35. The maximum Gasteiger partial charge on any atom is 0.306 e. The van der Waals surface area contributed by atoms with Crippen molar-refractivity contribution >= 4 is 5.97 Å². The summed E-state index contributed by atoms with van der Waals surface area (Å²) in [6, 6.07) is 0. The Balaban J connectivity index is 2.47. The van der Waals surface area contributed by atoms with Gasteiger partial charge < -0.3 is 4.74 Å². The van der Waals surface area contributed by atoms with Crippen LogP contribution in [0.4, 0.5) is 0 Å². The largest absolute Gasteiger partial charge is 0.462 e. The standard InChI is InChI=1S/C7H12O2/c1-3-6-4-7(8)9-5(6)2/h5-6H,3-4H2,1-2H3/t5-,6-/m1/s1. The van der Waals surface area contributed by atoms with Crippen LogP contribution in [0, 0.1) is 5.92 Å². The van der Waals surface area contributed by atoms with E-state index in [1.807, 2.05) is 6.92 Å². The molecule has 0 aliphatic carbocycles. The van der Waals surface area contributed by atoms with Gasteiger partial charge in [0.2, 0.25) is 0 Å². The van der Waals surface area contributed by atoms with Crippen LogP contribution in [-0.2, 0) is 9.53 Å². The summed E-state index contributed by atoms with van der Waals surface area (Å²) in [6.07, 6.45) is 1.83. The average Bonchev–Trinajstić information content (AvgIpc) is 2.10. The number of cyclic esters (lactones) is 1. The summed E-state index contributed by atoms with van der Waals surface area (Å²) < 4.78 is 4.93. The number of rotatable bonds is 1. The third-order valence-corrected chi connectivity index (χ3v) is 1.93. The molecule has 1 aliphatic rings. The third-order valence-electron chi connectivity index (χ3n) is 1.93. The number of carbonyl (C=O) groups excluding carboxylic acids is 1. The molecule has 9 heavy (non-hydrogen) atoms. The molecule has 0 spiro atoms. The monoisotopic (exact) mass is 128 g/mol. The molecular weight excluding hydrogens is 116 g/mol. The molecule has 0 radical (unpaired) electrons. The van der Waals surface area contributed by atoms with E-state index >= 15 is 0 Å². The van der Waals surface area contributed by atoms with E-state index in [1.165, 1.54) is 0 Å². The SMILES string of the molecule is CC[C@@H]1CC(=O)O[C@@H]1C. The minimum atomic E-state index is -0.0330. The lowest BCUT2D eigenvalue weighted by Crippen LogP contribution is -2.09. The van der Waals surface area contributed by atoms with E-state index in [-0.39, 0.29) is 12.1 Å². The fraction of sp³-hybridized carbons (Fsp3) is 0.857. The summed E-state index contributed by atoms with van der Waals surface area (Å²) in [4.78, 5) is 10.6. The highest BCUT2D eigenvalue weighted by Gasteiger charge is 2.29. The van der Waals surface area contributed by atoms with E-state index in [2.05, 4.69) is 6.92 Å². The van der Waals surface area contributed by atoms with Crippen molar-refractivity contribution in [1.29, 1.82) is 0 Å². The van der Waals surface area contributed by atoms with Crippen LogP contribution < -0.4 is 0 Å². The van der Waals surface area contributed by atoms with E-state index in [1.54, 1.807) is 0 Å². The second-order valence-corrected chi connectivity index (χ2v) is 2.57. The number of hydrogen-bond donors (Lipinski definition) is 0. The fourth-order valence-electron chi connectivity index (χ4n) is 1.21. The smallest absolute Gasteiger partial charge is 0.306 e. The Morgan fingerprint density at radius 1 is 1.78 bits per heavy atom. The van der Waals surface area contributed by atoms with Crippen molar-refractivity contribution in [3.8, 4) is 0 Å². The van der Waals surface area contributed by atoms with Gasteiger partial charge in [0.1, 0.15) is 6.10 Å². The van der Waals surface area contributed by atoms with Gasteiger partial charge in [0.05, 0.1) is 6.42 Å². The average molecular weight is 128 g/mol. The molecule has 2 atom stereocenters. The Morgan fingerprint density at radius 3 is 2.67 bits per heavy atom. The van der Waals surface area contributed by atoms with Gasteiger partial charge in [-0.2, -0.15) is 0 Å². The summed E-state index contributed by atoms with van der Waals surface area (Å²) in [5, 5.41) is 0. The topological polar surface area (TPSA) is 26.3 Å². The molecule has 0 bridgehead atoms. The molecule has 1 heterocycles. The Morgan fingerprint density at radius 2 is 2.44 bits per heavy atom. The van der Waals surface area contributed by atoms with Crippen molar-refractivity contribution in [1.82, 2.24) is 0 Å². The van der Waals surface area contributed by atoms with Crippen LogP contribution in [0.1, 0.15) is 26.7 Å². The first-order valence-electron chi connectivity index (χ1n) is 3.43. The van der Waals surface area contributed by atoms with E-state index in [0.717, 1.165) is 6.42 Å². The number of hydrogen-bond acceptors (Lipinski definition) is 2. The molecule has 1 fully saturated rings. The molecule has 2 heteroatoms. The van der Waals surface area contributed by atoms with E-state index in [0.29, 0.717) is 12.3 Å². The van der Waals surface area contributed by atoms with Crippen molar-refractivity contribution in [2.24, 2.45) is 5.92 Å². The molecule has 1 aliphatic heterocycles. The normalized spacial score (nSPS) is 34.7. The second-order valence-electron chi connectivity index (χ2n) is 2.57. The first-order chi connectivity index (χ1) is 4.24. The van der Waals surface area contributed by atoms with Gasteiger partial charge >= 0.3 is 5.97 Å².